The minimum absolute atomic E-state index is 0.280. The summed E-state index contributed by atoms with van der Waals surface area (Å²) in [6.07, 6.45) is 1.11. The Morgan fingerprint density at radius 3 is 2.23 bits per heavy atom. The molecular weight excluding hydrogens is 400 g/mol. The molecule has 4 rings (SSSR count). The van der Waals surface area contributed by atoms with Gasteiger partial charge in [-0.2, -0.15) is 9.08 Å². The fourth-order valence-electron chi connectivity index (χ4n) is 4.33. The number of hydrogen-bond acceptors (Lipinski definition) is 5. The van der Waals surface area contributed by atoms with Gasteiger partial charge in [0.2, 0.25) is 6.23 Å². The lowest BCUT2D eigenvalue weighted by Gasteiger charge is -2.54. The van der Waals surface area contributed by atoms with E-state index >= 15 is 0 Å². The molecular formula is C22H28N4O3S. The van der Waals surface area contributed by atoms with Crippen molar-refractivity contribution in [3.05, 3.63) is 56.9 Å². The molecule has 2 aliphatic heterocycles. The van der Waals surface area contributed by atoms with Gasteiger partial charge in [-0.15, -0.1) is 0 Å². The lowest BCUT2D eigenvalue weighted by molar-refractivity contribution is 0.00662. The van der Waals surface area contributed by atoms with Gasteiger partial charge < -0.3 is 4.74 Å². The van der Waals surface area contributed by atoms with Crippen LogP contribution >= 0.6 is 11.9 Å². The minimum atomic E-state index is -0.704. The summed E-state index contributed by atoms with van der Waals surface area (Å²) >= 11 is 1.44. The van der Waals surface area contributed by atoms with E-state index in [2.05, 4.69) is 45.9 Å². The number of aromatic nitrogens is 3. The smallest absolute Gasteiger partial charge is 0.356 e. The Kier molecular flexibility index (Phi) is 4.51. The van der Waals surface area contributed by atoms with Gasteiger partial charge in [0.15, 0.2) is 5.90 Å². The first kappa shape index (κ1) is 20.8. The van der Waals surface area contributed by atoms with Crippen molar-refractivity contribution < 1.29 is 4.74 Å². The summed E-state index contributed by atoms with van der Waals surface area (Å²) in [6.45, 7) is 14.5. The predicted octanol–water partition coefficient (Wildman–Crippen LogP) is 4.08. The number of fused-ring (bicyclic) bond motifs is 3. The Balaban J connectivity index is 2.12. The Hall–Kier alpha value is -2.48. The van der Waals surface area contributed by atoms with E-state index in [0.717, 1.165) is 5.57 Å². The molecule has 0 spiro atoms. The summed E-state index contributed by atoms with van der Waals surface area (Å²) in [4.78, 5) is 27.0. The normalized spacial score (nSPS) is 23.8. The lowest BCUT2D eigenvalue weighted by Crippen LogP contribution is -2.58. The summed E-state index contributed by atoms with van der Waals surface area (Å²) in [5, 5.41) is 0. The van der Waals surface area contributed by atoms with Crippen molar-refractivity contribution in [1.29, 1.82) is 0 Å². The second-order valence-electron chi connectivity index (χ2n) is 9.88. The van der Waals surface area contributed by atoms with Gasteiger partial charge in [-0.1, -0.05) is 59.7 Å². The SMILES string of the molecule is CC1=NS[C@@]2(C(C)(C)C)C(C(C)(C)C)=Cn3c(=O)n(-c4ccccc4)c(=O)n3[C@H]2O1. The molecule has 0 N–H and O–H groups in total. The lowest BCUT2D eigenvalue weighted by atomic mass is 9.66. The van der Waals surface area contributed by atoms with Crippen LogP contribution in [0.5, 0.6) is 0 Å². The van der Waals surface area contributed by atoms with Crippen LogP contribution in [0.1, 0.15) is 54.7 Å². The molecule has 2 aromatic rings. The number of ether oxygens (including phenoxy) is 1. The molecule has 0 fully saturated rings. The molecule has 0 unspecified atom stereocenters. The van der Waals surface area contributed by atoms with Crippen LogP contribution in [0.4, 0.5) is 0 Å². The Bertz CT molecular complexity index is 1170. The number of para-hydroxylation sites is 1. The van der Waals surface area contributed by atoms with E-state index in [1.165, 1.54) is 25.9 Å². The van der Waals surface area contributed by atoms with E-state index in [-0.39, 0.29) is 10.8 Å². The molecule has 0 aliphatic carbocycles. The van der Waals surface area contributed by atoms with Crippen molar-refractivity contribution in [3.63, 3.8) is 0 Å². The van der Waals surface area contributed by atoms with Crippen LogP contribution in [0, 0.1) is 10.8 Å². The summed E-state index contributed by atoms with van der Waals surface area (Å²) in [7, 11) is 0. The van der Waals surface area contributed by atoms with Gasteiger partial charge >= 0.3 is 11.4 Å². The van der Waals surface area contributed by atoms with Crippen LogP contribution in [0.3, 0.4) is 0 Å². The molecule has 160 valence electrons. The number of rotatable bonds is 1. The van der Waals surface area contributed by atoms with Gasteiger partial charge in [0.25, 0.3) is 0 Å². The molecule has 0 saturated heterocycles. The van der Waals surface area contributed by atoms with Gasteiger partial charge in [0, 0.05) is 13.1 Å². The monoisotopic (exact) mass is 428 g/mol. The quantitative estimate of drug-likeness (QED) is 0.642. The highest BCUT2D eigenvalue weighted by Gasteiger charge is 2.61. The molecule has 0 radical (unpaired) electrons. The number of hydrogen-bond donors (Lipinski definition) is 0. The van der Waals surface area contributed by atoms with Crippen molar-refractivity contribution in [1.82, 2.24) is 13.9 Å². The van der Waals surface area contributed by atoms with E-state index in [0.29, 0.717) is 11.6 Å². The van der Waals surface area contributed by atoms with Crippen LogP contribution in [0.25, 0.3) is 11.9 Å². The van der Waals surface area contributed by atoms with Gasteiger partial charge in [0.05, 0.1) is 5.69 Å². The molecule has 30 heavy (non-hydrogen) atoms. The predicted molar refractivity (Wildman–Crippen MR) is 121 cm³/mol. The third-order valence-corrected chi connectivity index (χ3v) is 7.44. The number of nitrogens with zero attached hydrogens (tertiary/aromatic N) is 4. The van der Waals surface area contributed by atoms with Gasteiger partial charge in [-0.05, 0) is 40.5 Å². The van der Waals surface area contributed by atoms with Crippen LogP contribution in [0.15, 0.2) is 49.9 Å². The molecule has 2 aliphatic rings. The maximum Gasteiger partial charge on any atom is 0.356 e. The second kappa shape index (κ2) is 6.51. The molecule has 8 heteroatoms. The van der Waals surface area contributed by atoms with Crippen molar-refractivity contribution in [2.24, 2.45) is 15.2 Å². The molecule has 3 heterocycles. The number of benzene rings is 1. The maximum absolute atomic E-state index is 13.6. The van der Waals surface area contributed by atoms with Crippen LogP contribution in [-0.2, 0) is 4.74 Å². The highest BCUT2D eigenvalue weighted by molar-refractivity contribution is 7.99. The average Bonchev–Trinajstić information content (AvgIpc) is 2.90. The van der Waals surface area contributed by atoms with E-state index in [1.807, 2.05) is 24.4 Å². The van der Waals surface area contributed by atoms with Crippen molar-refractivity contribution >= 4 is 24.0 Å². The van der Waals surface area contributed by atoms with Crippen molar-refractivity contribution in [3.8, 4) is 5.69 Å². The highest BCUT2D eigenvalue weighted by atomic mass is 32.2. The van der Waals surface area contributed by atoms with Crippen LogP contribution in [0.2, 0.25) is 0 Å². The maximum atomic E-state index is 13.6. The van der Waals surface area contributed by atoms with Gasteiger partial charge in [0.1, 0.15) is 4.75 Å². The summed E-state index contributed by atoms with van der Waals surface area (Å²) in [5.74, 6) is 0.485. The molecule has 7 nitrogen and oxygen atoms in total. The molecule has 1 aromatic carbocycles. The standard InChI is InChI=1S/C22H28N4O3S/c1-14-23-30-22(21(5,6)7)16(20(2,3)4)13-24-18(27)25(15-11-9-8-10-12-15)19(28)26(24)17(22)29-14/h8-13,17H,1-7H3/t17-,22-/m0/s1. The molecule has 0 bridgehead atoms. The molecule has 2 atom stereocenters. The Morgan fingerprint density at radius 2 is 1.67 bits per heavy atom. The van der Waals surface area contributed by atoms with Crippen LogP contribution < -0.4 is 11.4 Å². The Labute approximate surface area is 180 Å². The largest absolute Gasteiger partial charge is 0.453 e. The van der Waals surface area contributed by atoms with Crippen molar-refractivity contribution in [2.75, 3.05) is 0 Å². The highest BCUT2D eigenvalue weighted by Crippen LogP contribution is 2.61. The summed E-state index contributed by atoms with van der Waals surface area (Å²) in [5.41, 5.74) is 0.108. The van der Waals surface area contributed by atoms with Crippen LogP contribution in [-0.4, -0.2) is 24.6 Å². The second-order valence-corrected chi connectivity index (χ2v) is 10.9. The summed E-state index contributed by atoms with van der Waals surface area (Å²) in [6, 6.07) is 8.98. The van der Waals surface area contributed by atoms with Gasteiger partial charge in [-0.3, -0.25) is 0 Å². The van der Waals surface area contributed by atoms with E-state index < -0.39 is 22.4 Å². The third kappa shape index (κ3) is 2.76. The van der Waals surface area contributed by atoms with E-state index in [9.17, 15) is 9.59 Å². The molecule has 0 amide bonds. The zero-order valence-electron chi connectivity index (χ0n) is 18.5. The average molecular weight is 429 g/mol. The fourth-order valence-corrected chi connectivity index (χ4v) is 5.62. The topological polar surface area (TPSA) is 70.5 Å². The minimum Gasteiger partial charge on any atom is -0.453 e. The van der Waals surface area contributed by atoms with E-state index in [4.69, 9.17) is 4.74 Å². The third-order valence-electron chi connectivity index (χ3n) is 5.77. The van der Waals surface area contributed by atoms with E-state index in [1.54, 1.807) is 19.1 Å². The first-order valence-electron chi connectivity index (χ1n) is 10.0. The van der Waals surface area contributed by atoms with Gasteiger partial charge in [-0.25, -0.2) is 18.8 Å². The summed E-state index contributed by atoms with van der Waals surface area (Å²) < 4.78 is 14.2. The molecule has 0 saturated carbocycles. The first-order valence-corrected chi connectivity index (χ1v) is 10.8. The first-order chi connectivity index (χ1) is 13.9. The zero-order chi connectivity index (χ0) is 22.1. The fraction of sp³-hybridized carbons (Fsp3) is 0.500. The molecule has 1 aromatic heterocycles. The zero-order valence-corrected chi connectivity index (χ0v) is 19.3. The van der Waals surface area contributed by atoms with Crippen molar-refractivity contribution in [2.45, 2.75) is 59.4 Å². The Morgan fingerprint density at radius 1 is 1.03 bits per heavy atom.